The summed E-state index contributed by atoms with van der Waals surface area (Å²) in [6.07, 6.45) is 4.41. The van der Waals surface area contributed by atoms with Crippen LogP contribution in [0.3, 0.4) is 0 Å². The Hall–Kier alpha value is -2.76. The molecule has 0 radical (unpaired) electrons. The molecule has 1 aromatic carbocycles. The Morgan fingerprint density at radius 3 is 2.64 bits per heavy atom. The summed E-state index contributed by atoms with van der Waals surface area (Å²) in [7, 11) is 0. The number of urea groups is 1. The molecule has 1 fully saturated rings. The topological polar surface area (TPSA) is 57.7 Å². The van der Waals surface area contributed by atoms with E-state index in [1.807, 2.05) is 41.3 Å². The van der Waals surface area contributed by atoms with Crippen LogP contribution in [-0.2, 0) is 0 Å². The van der Waals surface area contributed by atoms with E-state index in [-0.39, 0.29) is 12.1 Å². The van der Waals surface area contributed by atoms with Gasteiger partial charge in [0.15, 0.2) is 0 Å². The minimum Gasteiger partial charge on any atom is -0.493 e. The van der Waals surface area contributed by atoms with Crippen LogP contribution in [0.25, 0.3) is 0 Å². The Kier molecular flexibility index (Phi) is 4.41. The zero-order valence-corrected chi connectivity index (χ0v) is 14.1. The fraction of sp³-hybridized carbons (Fsp3) is 0.368. The molecule has 1 aromatic heterocycles. The lowest BCUT2D eigenvalue weighted by molar-refractivity contribution is 0.183. The average Bonchev–Trinajstić information content (AvgIpc) is 2.69. The largest absolute Gasteiger partial charge is 0.493 e. The summed E-state index contributed by atoms with van der Waals surface area (Å²) < 4.78 is 5.67. The minimum atomic E-state index is 0.0103. The smallest absolute Gasteiger partial charge is 0.318 e. The first-order valence-corrected chi connectivity index (χ1v) is 8.73. The molecular weight excluding hydrogens is 316 g/mol. The molecule has 3 heterocycles. The summed E-state index contributed by atoms with van der Waals surface area (Å²) in [5.74, 6) is 0.876. The number of carbonyl (C=O) groups is 1. The average molecular weight is 338 g/mol. The van der Waals surface area contributed by atoms with Gasteiger partial charge >= 0.3 is 6.03 Å². The molecule has 0 spiro atoms. The Labute approximate surface area is 147 Å². The Morgan fingerprint density at radius 2 is 1.84 bits per heavy atom. The van der Waals surface area contributed by atoms with Crippen LogP contribution in [0.5, 0.6) is 5.75 Å². The monoisotopic (exact) mass is 338 g/mol. The van der Waals surface area contributed by atoms with Gasteiger partial charge in [-0.3, -0.25) is 4.98 Å². The summed E-state index contributed by atoms with van der Waals surface area (Å²) in [6.45, 7) is 3.75. The number of carbonyl (C=O) groups excluding carboxylic acids is 1. The van der Waals surface area contributed by atoms with Crippen LogP contribution in [-0.4, -0.2) is 48.7 Å². The van der Waals surface area contributed by atoms with Gasteiger partial charge in [0.05, 0.1) is 12.6 Å². The van der Waals surface area contributed by atoms with Crippen LogP contribution in [0.4, 0.5) is 10.5 Å². The number of nitrogens with zero attached hydrogens (tertiary/aromatic N) is 3. The fourth-order valence-electron chi connectivity index (χ4n) is 3.45. The first-order valence-electron chi connectivity index (χ1n) is 8.73. The molecule has 4 rings (SSSR count). The third kappa shape index (κ3) is 3.38. The minimum absolute atomic E-state index is 0.0103. The van der Waals surface area contributed by atoms with Gasteiger partial charge in [0.1, 0.15) is 5.75 Å². The summed E-state index contributed by atoms with van der Waals surface area (Å²) >= 11 is 0. The zero-order valence-electron chi connectivity index (χ0n) is 14.1. The van der Waals surface area contributed by atoms with Crippen molar-refractivity contribution in [2.45, 2.75) is 12.5 Å². The molecule has 0 saturated carbocycles. The molecule has 1 N–H and O–H groups in total. The van der Waals surface area contributed by atoms with Gasteiger partial charge < -0.3 is 19.9 Å². The predicted molar refractivity (Wildman–Crippen MR) is 95.8 cm³/mol. The van der Waals surface area contributed by atoms with E-state index in [4.69, 9.17) is 4.74 Å². The van der Waals surface area contributed by atoms with E-state index in [1.54, 1.807) is 12.4 Å². The van der Waals surface area contributed by atoms with Crippen LogP contribution in [0.15, 0.2) is 48.8 Å². The van der Waals surface area contributed by atoms with Crippen molar-refractivity contribution in [3.8, 4) is 5.75 Å². The molecule has 0 bridgehead atoms. The molecule has 6 nitrogen and oxygen atoms in total. The SMILES string of the molecule is O=C(N[C@H]1CCOc2ccccc21)N1CCN(c2ccncc2)CC1. The summed E-state index contributed by atoms with van der Waals surface area (Å²) in [5.41, 5.74) is 2.23. The summed E-state index contributed by atoms with van der Waals surface area (Å²) in [6, 6.07) is 12.0. The maximum atomic E-state index is 12.7. The van der Waals surface area contributed by atoms with Gasteiger partial charge in [-0.15, -0.1) is 0 Å². The van der Waals surface area contributed by atoms with Gasteiger partial charge in [0, 0.05) is 56.2 Å². The van der Waals surface area contributed by atoms with Gasteiger partial charge in [0.25, 0.3) is 0 Å². The van der Waals surface area contributed by atoms with E-state index in [2.05, 4.69) is 15.2 Å². The Bertz CT molecular complexity index is 729. The van der Waals surface area contributed by atoms with Gasteiger partial charge in [0.2, 0.25) is 0 Å². The molecule has 2 amide bonds. The number of para-hydroxylation sites is 1. The molecule has 2 aromatic rings. The number of anilines is 1. The molecule has 6 heteroatoms. The van der Waals surface area contributed by atoms with Crippen molar-refractivity contribution in [1.82, 2.24) is 15.2 Å². The Morgan fingerprint density at radius 1 is 1.08 bits per heavy atom. The third-order valence-electron chi connectivity index (χ3n) is 4.85. The lowest BCUT2D eigenvalue weighted by Gasteiger charge is -2.37. The maximum Gasteiger partial charge on any atom is 0.318 e. The van der Waals surface area contributed by atoms with Crippen LogP contribution >= 0.6 is 0 Å². The van der Waals surface area contributed by atoms with Gasteiger partial charge in [-0.1, -0.05) is 18.2 Å². The number of pyridine rings is 1. The van der Waals surface area contributed by atoms with Crippen LogP contribution in [0, 0.1) is 0 Å². The highest BCUT2D eigenvalue weighted by molar-refractivity contribution is 5.75. The van der Waals surface area contributed by atoms with Crippen molar-refractivity contribution < 1.29 is 9.53 Å². The maximum absolute atomic E-state index is 12.7. The highest BCUT2D eigenvalue weighted by Gasteiger charge is 2.26. The van der Waals surface area contributed by atoms with Crippen molar-refractivity contribution in [2.24, 2.45) is 0 Å². The number of hydrogen-bond acceptors (Lipinski definition) is 4. The van der Waals surface area contributed by atoms with E-state index in [1.165, 1.54) is 0 Å². The molecule has 130 valence electrons. The first kappa shape index (κ1) is 15.7. The third-order valence-corrected chi connectivity index (χ3v) is 4.85. The van der Waals surface area contributed by atoms with E-state index < -0.39 is 0 Å². The highest BCUT2D eigenvalue weighted by atomic mass is 16.5. The molecule has 2 aliphatic heterocycles. The van der Waals surface area contributed by atoms with Crippen molar-refractivity contribution >= 4 is 11.7 Å². The number of nitrogens with one attached hydrogen (secondary N) is 1. The Balaban J connectivity index is 1.36. The molecule has 1 atom stereocenters. The molecular formula is C19H22N4O2. The zero-order chi connectivity index (χ0) is 17.1. The highest BCUT2D eigenvalue weighted by Crippen LogP contribution is 2.31. The normalized spacial score (nSPS) is 19.8. The number of ether oxygens (including phenoxy) is 1. The van der Waals surface area contributed by atoms with Crippen LogP contribution < -0.4 is 15.0 Å². The fourth-order valence-corrected chi connectivity index (χ4v) is 3.45. The molecule has 1 saturated heterocycles. The van der Waals surface area contributed by atoms with E-state index in [0.717, 1.165) is 49.6 Å². The quantitative estimate of drug-likeness (QED) is 0.914. The molecule has 2 aliphatic rings. The van der Waals surface area contributed by atoms with Crippen LogP contribution in [0.1, 0.15) is 18.0 Å². The van der Waals surface area contributed by atoms with Crippen molar-refractivity contribution in [2.75, 3.05) is 37.7 Å². The lowest BCUT2D eigenvalue weighted by Crippen LogP contribution is -2.52. The number of benzene rings is 1. The molecule has 25 heavy (non-hydrogen) atoms. The number of hydrogen-bond donors (Lipinski definition) is 1. The van der Waals surface area contributed by atoms with E-state index in [9.17, 15) is 4.79 Å². The van der Waals surface area contributed by atoms with Gasteiger partial charge in [-0.2, -0.15) is 0 Å². The number of amides is 2. The van der Waals surface area contributed by atoms with Crippen molar-refractivity contribution in [3.05, 3.63) is 54.4 Å². The molecule has 0 unspecified atom stereocenters. The van der Waals surface area contributed by atoms with Crippen molar-refractivity contribution in [3.63, 3.8) is 0 Å². The lowest BCUT2D eigenvalue weighted by atomic mass is 10.0. The predicted octanol–water partition coefficient (Wildman–Crippen LogP) is 2.44. The first-order chi connectivity index (χ1) is 12.3. The second-order valence-corrected chi connectivity index (χ2v) is 6.36. The van der Waals surface area contributed by atoms with Crippen LogP contribution in [0.2, 0.25) is 0 Å². The standard InChI is InChI=1S/C19H22N4O2/c24-19(21-17-7-14-25-18-4-2-1-3-16(17)18)23-12-10-22(11-13-23)15-5-8-20-9-6-15/h1-6,8-9,17H,7,10-14H2,(H,21,24)/t17-/m0/s1. The van der Waals surface area contributed by atoms with E-state index in [0.29, 0.717) is 6.61 Å². The summed E-state index contributed by atoms with van der Waals surface area (Å²) in [4.78, 5) is 20.9. The number of fused-ring (bicyclic) bond motifs is 1. The summed E-state index contributed by atoms with van der Waals surface area (Å²) in [5, 5.41) is 3.18. The second kappa shape index (κ2) is 7.01. The number of rotatable bonds is 2. The van der Waals surface area contributed by atoms with Crippen molar-refractivity contribution in [1.29, 1.82) is 0 Å². The molecule has 0 aliphatic carbocycles. The number of aromatic nitrogens is 1. The van der Waals surface area contributed by atoms with Gasteiger partial charge in [-0.25, -0.2) is 4.79 Å². The van der Waals surface area contributed by atoms with Gasteiger partial charge in [-0.05, 0) is 18.2 Å². The second-order valence-electron chi connectivity index (χ2n) is 6.36. The van der Waals surface area contributed by atoms with E-state index >= 15 is 0 Å². The number of piperazine rings is 1.